The Balaban J connectivity index is 1.97. The number of aromatic amines is 1. The number of carbonyl (C=O) groups is 1. The number of benzene rings is 2. The van der Waals surface area contributed by atoms with Gasteiger partial charge in [0, 0.05) is 22.7 Å². The van der Waals surface area contributed by atoms with Crippen LogP contribution in [0.5, 0.6) is 0 Å². The Bertz CT molecular complexity index is 1150. The fraction of sp³-hybridized carbons (Fsp3) is 0.105. The minimum Gasteiger partial charge on any atom is -0.394 e. The predicted octanol–water partition coefficient (Wildman–Crippen LogP) is 2.39. The molecule has 0 unspecified atom stereocenters. The molecule has 1 aliphatic heterocycles. The third-order valence-electron chi connectivity index (χ3n) is 4.43. The van der Waals surface area contributed by atoms with E-state index >= 15 is 0 Å². The molecule has 0 spiro atoms. The van der Waals surface area contributed by atoms with E-state index in [4.69, 9.17) is 0 Å². The summed E-state index contributed by atoms with van der Waals surface area (Å²) in [5, 5.41) is 10.2. The maximum atomic E-state index is 13.0. The van der Waals surface area contributed by atoms with Gasteiger partial charge in [-0.1, -0.05) is 24.3 Å². The zero-order valence-electron chi connectivity index (χ0n) is 13.7. The van der Waals surface area contributed by atoms with Crippen LogP contribution in [-0.4, -0.2) is 41.7 Å². The SMILES string of the molecule is O=C1C(=Cc2cccc3[nH]ccc23)N(CCO)S(=O)(=O)c2ccccc21. The van der Waals surface area contributed by atoms with Gasteiger partial charge < -0.3 is 10.1 Å². The number of nitrogens with zero attached hydrogens (tertiary/aromatic N) is 1. The number of H-pyrrole nitrogens is 1. The maximum Gasteiger partial charge on any atom is 0.265 e. The normalized spacial score (nSPS) is 17.7. The molecule has 1 aliphatic rings. The van der Waals surface area contributed by atoms with Gasteiger partial charge in [0.15, 0.2) is 0 Å². The Morgan fingerprint density at radius 1 is 1.08 bits per heavy atom. The van der Waals surface area contributed by atoms with E-state index in [1.807, 2.05) is 24.3 Å². The zero-order chi connectivity index (χ0) is 18.3. The molecule has 0 amide bonds. The van der Waals surface area contributed by atoms with Gasteiger partial charge >= 0.3 is 0 Å². The molecule has 0 aliphatic carbocycles. The molecular formula is C19H16N2O4S. The van der Waals surface area contributed by atoms with Gasteiger partial charge in [-0.2, -0.15) is 0 Å². The second-order valence-corrected chi connectivity index (χ2v) is 7.77. The number of hydrogen-bond donors (Lipinski definition) is 2. The summed E-state index contributed by atoms with van der Waals surface area (Å²) in [7, 11) is -3.91. The number of aliphatic hydroxyl groups excluding tert-OH is 1. The molecule has 2 N–H and O–H groups in total. The molecule has 0 fully saturated rings. The second-order valence-electron chi connectivity index (χ2n) is 5.94. The predicted molar refractivity (Wildman–Crippen MR) is 98.0 cm³/mol. The first-order valence-corrected chi connectivity index (χ1v) is 9.53. The van der Waals surface area contributed by atoms with Crippen LogP contribution in [0, 0.1) is 0 Å². The topological polar surface area (TPSA) is 90.5 Å². The average molecular weight is 368 g/mol. The number of nitrogens with one attached hydrogen (secondary N) is 1. The highest BCUT2D eigenvalue weighted by atomic mass is 32.2. The molecule has 7 heteroatoms. The third kappa shape index (κ3) is 2.44. The van der Waals surface area contributed by atoms with E-state index in [1.165, 1.54) is 12.1 Å². The Morgan fingerprint density at radius 3 is 2.69 bits per heavy atom. The average Bonchev–Trinajstić information content (AvgIpc) is 3.12. The van der Waals surface area contributed by atoms with Crippen LogP contribution in [0.15, 0.2) is 65.3 Å². The van der Waals surface area contributed by atoms with E-state index in [-0.39, 0.29) is 35.1 Å². The van der Waals surface area contributed by atoms with Gasteiger partial charge in [-0.15, -0.1) is 0 Å². The van der Waals surface area contributed by atoms with Crippen LogP contribution >= 0.6 is 0 Å². The van der Waals surface area contributed by atoms with Gasteiger partial charge in [-0.3, -0.25) is 9.10 Å². The minimum absolute atomic E-state index is 0.0320. The van der Waals surface area contributed by atoms with Crippen molar-refractivity contribution in [3.05, 3.63) is 71.6 Å². The van der Waals surface area contributed by atoms with Gasteiger partial charge in [0.1, 0.15) is 5.70 Å². The number of sulfonamides is 1. The quantitative estimate of drug-likeness (QED) is 0.695. The molecule has 3 aromatic rings. The van der Waals surface area contributed by atoms with Gasteiger partial charge in [-0.05, 0) is 35.9 Å². The highest BCUT2D eigenvalue weighted by molar-refractivity contribution is 7.89. The summed E-state index contributed by atoms with van der Waals surface area (Å²) in [6, 6.07) is 13.6. The van der Waals surface area contributed by atoms with Gasteiger partial charge in [0.25, 0.3) is 10.0 Å². The zero-order valence-corrected chi connectivity index (χ0v) is 14.5. The molecular weight excluding hydrogens is 352 g/mol. The number of Topliss-reactive ketones (excluding diaryl/α,β-unsaturated/α-hetero) is 1. The van der Waals surface area contributed by atoms with Crippen LogP contribution in [0.25, 0.3) is 17.0 Å². The fourth-order valence-corrected chi connectivity index (χ4v) is 4.87. The van der Waals surface area contributed by atoms with Crippen molar-refractivity contribution >= 4 is 32.8 Å². The number of β-amino-alcohol motifs (C(OH)–C–C–N with tert-alkyl or cyclic N) is 1. The largest absolute Gasteiger partial charge is 0.394 e. The Kier molecular flexibility index (Phi) is 3.90. The van der Waals surface area contributed by atoms with E-state index in [2.05, 4.69) is 4.98 Å². The number of aliphatic hydroxyl groups is 1. The standard InChI is InChI=1S/C19H16N2O4S/c22-11-10-21-17(12-13-4-3-6-16-14(13)8-9-20-16)19(23)15-5-1-2-7-18(15)26(21,24)25/h1-9,12,20,22H,10-11H2. The molecule has 6 nitrogen and oxygen atoms in total. The molecule has 0 atom stereocenters. The van der Waals surface area contributed by atoms with E-state index in [9.17, 15) is 18.3 Å². The molecule has 1 aromatic heterocycles. The van der Waals surface area contributed by atoms with Crippen molar-refractivity contribution in [3.8, 4) is 0 Å². The van der Waals surface area contributed by atoms with Crippen LogP contribution < -0.4 is 0 Å². The summed E-state index contributed by atoms with van der Waals surface area (Å²) < 4.78 is 26.9. The highest BCUT2D eigenvalue weighted by Crippen LogP contribution is 2.33. The molecule has 0 saturated heterocycles. The number of aromatic nitrogens is 1. The molecule has 132 valence electrons. The Hall–Kier alpha value is -2.90. The number of hydrogen-bond acceptors (Lipinski definition) is 4. The van der Waals surface area contributed by atoms with Crippen molar-refractivity contribution in [2.45, 2.75) is 4.90 Å². The summed E-state index contributed by atoms with van der Waals surface area (Å²) in [6.45, 7) is -0.572. The molecule has 4 rings (SSSR count). The summed E-state index contributed by atoms with van der Waals surface area (Å²) in [4.78, 5) is 16.1. The number of ketones is 1. The van der Waals surface area contributed by atoms with E-state index in [0.717, 1.165) is 20.8 Å². The number of carbonyl (C=O) groups excluding carboxylic acids is 1. The van der Waals surface area contributed by atoms with Crippen LogP contribution in [-0.2, 0) is 10.0 Å². The highest BCUT2D eigenvalue weighted by Gasteiger charge is 2.38. The lowest BCUT2D eigenvalue weighted by atomic mass is 10.0. The van der Waals surface area contributed by atoms with Crippen LogP contribution in [0.4, 0.5) is 0 Å². The van der Waals surface area contributed by atoms with Crippen LogP contribution in [0.2, 0.25) is 0 Å². The van der Waals surface area contributed by atoms with Crippen LogP contribution in [0.1, 0.15) is 15.9 Å². The lowest BCUT2D eigenvalue weighted by Gasteiger charge is -2.30. The van der Waals surface area contributed by atoms with Gasteiger partial charge in [0.05, 0.1) is 18.0 Å². The first-order chi connectivity index (χ1) is 12.5. The van der Waals surface area contributed by atoms with Crippen molar-refractivity contribution in [2.24, 2.45) is 0 Å². The summed E-state index contributed by atoms with van der Waals surface area (Å²) >= 11 is 0. The number of allylic oxidation sites excluding steroid dienone is 1. The van der Waals surface area contributed by atoms with E-state index in [1.54, 1.807) is 24.4 Å². The van der Waals surface area contributed by atoms with Crippen molar-refractivity contribution in [1.82, 2.24) is 9.29 Å². The van der Waals surface area contributed by atoms with E-state index in [0.29, 0.717) is 0 Å². The van der Waals surface area contributed by atoms with E-state index < -0.39 is 10.0 Å². The fourth-order valence-electron chi connectivity index (χ4n) is 3.23. The molecule has 2 heterocycles. The maximum absolute atomic E-state index is 13.0. The summed E-state index contributed by atoms with van der Waals surface area (Å²) in [6.07, 6.45) is 3.36. The lowest BCUT2D eigenvalue weighted by Crippen LogP contribution is -2.40. The molecule has 26 heavy (non-hydrogen) atoms. The smallest absolute Gasteiger partial charge is 0.265 e. The molecule has 2 aromatic carbocycles. The Labute approximate surface area is 150 Å². The molecule has 0 saturated carbocycles. The number of rotatable bonds is 3. The Morgan fingerprint density at radius 2 is 1.88 bits per heavy atom. The van der Waals surface area contributed by atoms with Crippen molar-refractivity contribution in [1.29, 1.82) is 0 Å². The monoisotopic (exact) mass is 368 g/mol. The third-order valence-corrected chi connectivity index (χ3v) is 6.30. The first-order valence-electron chi connectivity index (χ1n) is 8.09. The van der Waals surface area contributed by atoms with Crippen molar-refractivity contribution < 1.29 is 18.3 Å². The van der Waals surface area contributed by atoms with Gasteiger partial charge in [0.2, 0.25) is 5.78 Å². The minimum atomic E-state index is -3.91. The first kappa shape index (κ1) is 16.6. The summed E-state index contributed by atoms with van der Waals surface area (Å²) in [5.41, 5.74) is 1.80. The lowest BCUT2D eigenvalue weighted by molar-refractivity contribution is 0.0998. The second kappa shape index (κ2) is 6.12. The molecule has 0 radical (unpaired) electrons. The molecule has 0 bridgehead atoms. The van der Waals surface area contributed by atoms with Gasteiger partial charge in [-0.25, -0.2) is 8.42 Å². The van der Waals surface area contributed by atoms with Crippen molar-refractivity contribution in [2.75, 3.05) is 13.2 Å². The van der Waals surface area contributed by atoms with Crippen molar-refractivity contribution in [3.63, 3.8) is 0 Å². The number of fused-ring (bicyclic) bond motifs is 2. The summed E-state index contributed by atoms with van der Waals surface area (Å²) in [5.74, 6) is -0.378. The van der Waals surface area contributed by atoms with Crippen LogP contribution in [0.3, 0.4) is 0 Å².